The number of thiophene rings is 1. The Morgan fingerprint density at radius 3 is 2.71 bits per heavy atom. The predicted molar refractivity (Wildman–Crippen MR) is 128 cm³/mol. The van der Waals surface area contributed by atoms with Gasteiger partial charge in [-0.1, -0.05) is 23.9 Å². The number of thioether (sulfide) groups is 1. The van der Waals surface area contributed by atoms with Crippen molar-refractivity contribution in [3.63, 3.8) is 0 Å². The summed E-state index contributed by atoms with van der Waals surface area (Å²) in [4.78, 5) is 20.2. The lowest BCUT2D eigenvalue weighted by molar-refractivity contribution is 0.140. The maximum absolute atomic E-state index is 13.3. The Hall–Kier alpha value is -2.42. The molecule has 0 bridgehead atoms. The Labute approximate surface area is 189 Å². The lowest BCUT2D eigenvalue weighted by atomic mass is 10.2. The van der Waals surface area contributed by atoms with E-state index in [0.29, 0.717) is 19.8 Å². The normalized spacial score (nSPS) is 11.5. The van der Waals surface area contributed by atoms with Crippen LogP contribution >= 0.6 is 23.1 Å². The minimum atomic E-state index is 0.0554. The maximum atomic E-state index is 13.3. The van der Waals surface area contributed by atoms with Crippen molar-refractivity contribution >= 4 is 33.3 Å². The van der Waals surface area contributed by atoms with Crippen molar-refractivity contribution in [2.24, 2.45) is 0 Å². The Bertz CT molecular complexity index is 1210. The topological polar surface area (TPSA) is 61.9 Å². The second-order valence-corrected chi connectivity index (χ2v) is 9.42. The summed E-state index contributed by atoms with van der Waals surface area (Å²) in [7, 11) is 0. The van der Waals surface area contributed by atoms with Crippen LogP contribution in [0.1, 0.15) is 29.3 Å². The molecule has 0 amide bonds. The van der Waals surface area contributed by atoms with Crippen molar-refractivity contribution in [2.75, 3.05) is 13.2 Å². The molecule has 0 unspecified atom stereocenters. The van der Waals surface area contributed by atoms with Crippen LogP contribution in [0.3, 0.4) is 0 Å². The van der Waals surface area contributed by atoms with Crippen LogP contribution in [0, 0.1) is 13.8 Å². The van der Waals surface area contributed by atoms with Crippen LogP contribution in [0.4, 0.5) is 0 Å². The van der Waals surface area contributed by atoms with Crippen LogP contribution in [0.2, 0.25) is 0 Å². The van der Waals surface area contributed by atoms with Crippen molar-refractivity contribution in [1.82, 2.24) is 19.3 Å². The Balaban J connectivity index is 1.58. The van der Waals surface area contributed by atoms with Gasteiger partial charge in [-0.05, 0) is 56.5 Å². The van der Waals surface area contributed by atoms with E-state index in [1.54, 1.807) is 29.3 Å². The summed E-state index contributed by atoms with van der Waals surface area (Å²) < 4.78 is 9.13. The molecule has 0 aliphatic rings. The van der Waals surface area contributed by atoms with Gasteiger partial charge in [-0.15, -0.1) is 11.3 Å². The smallest absolute Gasteiger partial charge is 0.263 e. The van der Waals surface area contributed by atoms with Crippen molar-refractivity contribution in [3.05, 3.63) is 69.1 Å². The first-order valence-electron chi connectivity index (χ1n) is 10.4. The third-order valence-corrected chi connectivity index (χ3v) is 7.35. The maximum Gasteiger partial charge on any atom is 0.263 e. The van der Waals surface area contributed by atoms with Gasteiger partial charge in [-0.25, -0.2) is 9.67 Å². The quantitative estimate of drug-likeness (QED) is 0.203. The average Bonchev–Trinajstić information content (AvgIpc) is 3.40. The third kappa shape index (κ3) is 4.76. The monoisotopic (exact) mass is 454 g/mol. The highest BCUT2D eigenvalue weighted by Crippen LogP contribution is 2.29. The van der Waals surface area contributed by atoms with E-state index in [0.717, 1.165) is 43.7 Å². The number of hydrogen-bond donors (Lipinski definition) is 0. The molecule has 4 aromatic rings. The third-order valence-electron chi connectivity index (χ3n) is 5.20. The number of fused-ring (bicyclic) bond motifs is 1. The Morgan fingerprint density at radius 2 is 2.00 bits per heavy atom. The summed E-state index contributed by atoms with van der Waals surface area (Å²) in [5.74, 6) is 0.742. The molecule has 6 nitrogen and oxygen atoms in total. The molecular weight excluding hydrogens is 428 g/mol. The van der Waals surface area contributed by atoms with Crippen molar-refractivity contribution < 1.29 is 4.74 Å². The Morgan fingerprint density at radius 1 is 1.19 bits per heavy atom. The zero-order valence-corrected chi connectivity index (χ0v) is 19.6. The number of nitrogens with zero attached hydrogens (tertiary/aromatic N) is 4. The molecule has 1 aromatic carbocycles. The van der Waals surface area contributed by atoms with Gasteiger partial charge < -0.3 is 4.74 Å². The molecule has 4 rings (SSSR count). The van der Waals surface area contributed by atoms with Gasteiger partial charge in [-0.3, -0.25) is 9.36 Å². The fourth-order valence-corrected chi connectivity index (χ4v) is 5.45. The molecule has 0 spiro atoms. The molecule has 0 N–H and O–H groups in total. The van der Waals surface area contributed by atoms with Gasteiger partial charge in [0.05, 0.1) is 11.1 Å². The molecule has 3 heterocycles. The Kier molecular flexibility index (Phi) is 6.89. The lowest BCUT2D eigenvalue weighted by Gasteiger charge is -2.12. The molecule has 0 radical (unpaired) electrons. The standard InChI is InChI=1S/C23H26N4O2S2/c1-4-29-14-6-12-26-22(28)20-16(2)17(3)31-21(20)25-23(26)30-15-18-7-9-19(10-8-18)27-13-5-11-24-27/h5,7-11,13H,4,6,12,14-15H2,1-3H3. The summed E-state index contributed by atoms with van der Waals surface area (Å²) in [6, 6.07) is 10.2. The molecule has 162 valence electrons. The van der Waals surface area contributed by atoms with Crippen molar-refractivity contribution in [3.8, 4) is 5.69 Å². The molecule has 3 aromatic heterocycles. The first-order chi connectivity index (χ1) is 15.1. The van der Waals surface area contributed by atoms with Gasteiger partial charge in [0, 0.05) is 42.8 Å². The minimum Gasteiger partial charge on any atom is -0.382 e. The fraction of sp³-hybridized carbons (Fsp3) is 0.348. The van der Waals surface area contributed by atoms with Gasteiger partial charge in [0.2, 0.25) is 0 Å². The molecular formula is C23H26N4O2S2. The van der Waals surface area contributed by atoms with Crippen LogP contribution in [-0.2, 0) is 17.0 Å². The van der Waals surface area contributed by atoms with Crippen LogP contribution < -0.4 is 5.56 Å². The van der Waals surface area contributed by atoms with Gasteiger partial charge in [-0.2, -0.15) is 5.10 Å². The second-order valence-electron chi connectivity index (χ2n) is 7.27. The number of ether oxygens (including phenoxy) is 1. The van der Waals surface area contributed by atoms with E-state index in [2.05, 4.69) is 36.3 Å². The molecule has 31 heavy (non-hydrogen) atoms. The highest BCUT2D eigenvalue weighted by Gasteiger charge is 2.17. The van der Waals surface area contributed by atoms with Gasteiger partial charge in [0.25, 0.3) is 5.56 Å². The van der Waals surface area contributed by atoms with E-state index in [1.165, 1.54) is 5.56 Å². The van der Waals surface area contributed by atoms with Gasteiger partial charge >= 0.3 is 0 Å². The number of hydrogen-bond acceptors (Lipinski definition) is 6. The van der Waals surface area contributed by atoms with Crippen LogP contribution in [0.15, 0.2) is 52.7 Å². The fourth-order valence-electron chi connectivity index (χ4n) is 3.40. The molecule has 0 aliphatic carbocycles. The van der Waals surface area contributed by atoms with Crippen LogP contribution in [-0.4, -0.2) is 32.5 Å². The van der Waals surface area contributed by atoms with E-state index in [4.69, 9.17) is 9.72 Å². The van der Waals surface area contributed by atoms with Crippen LogP contribution in [0.5, 0.6) is 0 Å². The summed E-state index contributed by atoms with van der Waals surface area (Å²) >= 11 is 3.20. The molecule has 8 heteroatoms. The molecule has 0 aliphatic heterocycles. The van der Waals surface area contributed by atoms with E-state index in [1.807, 2.05) is 35.4 Å². The summed E-state index contributed by atoms with van der Waals surface area (Å²) in [5, 5.41) is 5.79. The van der Waals surface area contributed by atoms with Gasteiger partial charge in [0.15, 0.2) is 5.16 Å². The molecule has 0 atom stereocenters. The van der Waals surface area contributed by atoms with E-state index in [-0.39, 0.29) is 5.56 Å². The zero-order chi connectivity index (χ0) is 21.8. The first-order valence-corrected chi connectivity index (χ1v) is 12.2. The molecule has 0 saturated carbocycles. The number of benzene rings is 1. The number of aryl methyl sites for hydroxylation is 2. The van der Waals surface area contributed by atoms with E-state index < -0.39 is 0 Å². The van der Waals surface area contributed by atoms with Crippen molar-refractivity contribution in [2.45, 2.75) is 44.6 Å². The van der Waals surface area contributed by atoms with Gasteiger partial charge in [0.1, 0.15) is 4.83 Å². The lowest BCUT2D eigenvalue weighted by Crippen LogP contribution is -2.24. The SMILES string of the molecule is CCOCCCn1c(SCc2ccc(-n3cccn3)cc2)nc2sc(C)c(C)c2c1=O. The second kappa shape index (κ2) is 9.80. The largest absolute Gasteiger partial charge is 0.382 e. The summed E-state index contributed by atoms with van der Waals surface area (Å²) in [6.07, 6.45) is 4.48. The van der Waals surface area contributed by atoms with E-state index in [9.17, 15) is 4.79 Å². The zero-order valence-electron chi connectivity index (χ0n) is 18.0. The highest BCUT2D eigenvalue weighted by atomic mass is 32.2. The molecule has 0 fully saturated rings. The number of aromatic nitrogens is 4. The number of rotatable bonds is 9. The first kappa shape index (κ1) is 21.8. The minimum absolute atomic E-state index is 0.0554. The van der Waals surface area contributed by atoms with Crippen molar-refractivity contribution in [1.29, 1.82) is 0 Å². The average molecular weight is 455 g/mol. The highest BCUT2D eigenvalue weighted by molar-refractivity contribution is 7.98. The predicted octanol–water partition coefficient (Wildman–Crippen LogP) is 4.98. The molecule has 0 saturated heterocycles. The van der Waals surface area contributed by atoms with E-state index >= 15 is 0 Å². The summed E-state index contributed by atoms with van der Waals surface area (Å²) in [5.41, 5.74) is 3.30. The summed E-state index contributed by atoms with van der Waals surface area (Å²) in [6.45, 7) is 7.98. The van der Waals surface area contributed by atoms with Crippen LogP contribution in [0.25, 0.3) is 15.9 Å².